The van der Waals surface area contributed by atoms with Gasteiger partial charge in [-0.15, -0.1) is 11.6 Å². The number of alkyl halides is 1. The van der Waals surface area contributed by atoms with Crippen LogP contribution >= 0.6 is 11.6 Å². The number of hydrogen-bond donors (Lipinski definition) is 3. The molecule has 7 atom stereocenters. The summed E-state index contributed by atoms with van der Waals surface area (Å²) in [6.45, 7) is 6.62. The maximum atomic E-state index is 13.0. The van der Waals surface area contributed by atoms with Crippen LogP contribution < -0.4 is 16.0 Å². The maximum Gasteiger partial charge on any atom is 0.225 e. The highest BCUT2D eigenvalue weighted by Gasteiger charge is 2.40. The van der Waals surface area contributed by atoms with E-state index in [1.807, 2.05) is 6.92 Å². The zero-order valence-electron chi connectivity index (χ0n) is 17.8. The summed E-state index contributed by atoms with van der Waals surface area (Å²) in [5.74, 6) is 1.68. The maximum absolute atomic E-state index is 13.0. The number of nitrogens with one attached hydrogen (secondary N) is 3. The van der Waals surface area contributed by atoms with E-state index in [-0.39, 0.29) is 52.9 Å². The van der Waals surface area contributed by atoms with Crippen LogP contribution in [0, 0.1) is 23.7 Å². The van der Waals surface area contributed by atoms with Gasteiger partial charge in [0, 0.05) is 58.3 Å². The van der Waals surface area contributed by atoms with Crippen molar-refractivity contribution in [1.82, 2.24) is 16.0 Å². The minimum Gasteiger partial charge on any atom is -0.355 e. The van der Waals surface area contributed by atoms with Gasteiger partial charge >= 0.3 is 0 Å². The summed E-state index contributed by atoms with van der Waals surface area (Å²) >= 11 is 6.53. The summed E-state index contributed by atoms with van der Waals surface area (Å²) in [5, 5.41) is 9.72. The Kier molecular flexibility index (Phi) is 8.01. The lowest BCUT2D eigenvalue weighted by atomic mass is 9.75. The van der Waals surface area contributed by atoms with Crippen molar-refractivity contribution in [2.24, 2.45) is 23.7 Å². The second-order valence-corrected chi connectivity index (χ2v) is 11.7. The van der Waals surface area contributed by atoms with Crippen molar-refractivity contribution < 1.29 is 13.8 Å². The van der Waals surface area contributed by atoms with E-state index < -0.39 is 10.8 Å². The fourth-order valence-electron chi connectivity index (χ4n) is 5.21. The van der Waals surface area contributed by atoms with E-state index in [0.29, 0.717) is 19.0 Å². The third-order valence-corrected chi connectivity index (χ3v) is 8.84. The Hall–Kier alpha value is -0.660. The monoisotopic (exact) mass is 445 g/mol. The van der Waals surface area contributed by atoms with Crippen LogP contribution in [0.5, 0.6) is 0 Å². The Morgan fingerprint density at radius 1 is 1.17 bits per heavy atom. The van der Waals surface area contributed by atoms with E-state index in [0.717, 1.165) is 37.2 Å². The van der Waals surface area contributed by atoms with Crippen molar-refractivity contribution in [3.05, 3.63) is 0 Å². The van der Waals surface area contributed by atoms with Gasteiger partial charge in [0.05, 0.1) is 5.92 Å². The molecule has 0 radical (unpaired) electrons. The van der Waals surface area contributed by atoms with Gasteiger partial charge in [-0.3, -0.25) is 13.8 Å². The van der Waals surface area contributed by atoms with Gasteiger partial charge in [-0.05, 0) is 50.9 Å². The first-order valence-electron chi connectivity index (χ1n) is 11.1. The van der Waals surface area contributed by atoms with Gasteiger partial charge < -0.3 is 16.0 Å². The van der Waals surface area contributed by atoms with Gasteiger partial charge in [0.25, 0.3) is 0 Å². The van der Waals surface area contributed by atoms with E-state index in [9.17, 15) is 13.8 Å². The molecule has 7 unspecified atom stereocenters. The number of rotatable bonds is 5. The molecule has 0 spiro atoms. The summed E-state index contributed by atoms with van der Waals surface area (Å²) in [4.78, 5) is 25.3. The highest BCUT2D eigenvalue weighted by molar-refractivity contribution is 7.85. The molecule has 0 aromatic carbocycles. The molecule has 1 aliphatic carbocycles. The molecule has 2 amide bonds. The molecule has 2 aliphatic heterocycles. The average Bonchev–Trinajstić information content (AvgIpc) is 2.65. The molecule has 2 saturated heterocycles. The molecule has 8 heteroatoms. The molecule has 3 rings (SSSR count). The summed E-state index contributed by atoms with van der Waals surface area (Å²) < 4.78 is 11.6. The van der Waals surface area contributed by atoms with Gasteiger partial charge in [0.2, 0.25) is 11.8 Å². The van der Waals surface area contributed by atoms with Crippen molar-refractivity contribution in [2.75, 3.05) is 18.1 Å². The molecule has 2 heterocycles. The number of amides is 2. The topological polar surface area (TPSA) is 87.3 Å². The van der Waals surface area contributed by atoms with Crippen molar-refractivity contribution in [2.45, 2.75) is 76.4 Å². The number of piperidine rings is 1. The number of carbonyl (C=O) groups is 2. The van der Waals surface area contributed by atoms with E-state index in [2.05, 4.69) is 29.8 Å². The SMILES string of the molecule is CC1CC(C)C(CNC(=O)C2CC(Cl)CC(NC3CCS(=O)CC3)C2C)C(=O)N1. The molecular formula is C21H36ClN3O3S. The first kappa shape index (κ1) is 23.0. The Balaban J connectivity index is 1.55. The fraction of sp³-hybridized carbons (Fsp3) is 0.905. The molecule has 3 aliphatic rings. The molecule has 0 aromatic rings. The van der Waals surface area contributed by atoms with Gasteiger partial charge in [-0.25, -0.2) is 0 Å². The van der Waals surface area contributed by atoms with Crippen molar-refractivity contribution in [3.63, 3.8) is 0 Å². The fourth-order valence-corrected chi connectivity index (χ4v) is 6.89. The Bertz CT molecular complexity index is 624. The molecule has 3 N–H and O–H groups in total. The average molecular weight is 446 g/mol. The van der Waals surface area contributed by atoms with Crippen LogP contribution in [0.15, 0.2) is 0 Å². The van der Waals surface area contributed by atoms with Crippen LogP contribution in [-0.4, -0.2) is 57.6 Å². The van der Waals surface area contributed by atoms with Crippen molar-refractivity contribution in [3.8, 4) is 0 Å². The van der Waals surface area contributed by atoms with Crippen molar-refractivity contribution >= 4 is 34.2 Å². The first-order chi connectivity index (χ1) is 13.7. The lowest BCUT2D eigenvalue weighted by Gasteiger charge is -2.41. The van der Waals surface area contributed by atoms with Crippen molar-refractivity contribution in [1.29, 1.82) is 0 Å². The standard InChI is InChI=1S/C21H36ClN3O3S/c1-12-8-13(2)24-21(27)18(12)11-23-20(26)17-9-15(22)10-19(14(17)3)25-16-4-6-29(28)7-5-16/h12-19,25H,4-11H2,1-3H3,(H,23,26)(H,24,27). The predicted molar refractivity (Wildman–Crippen MR) is 117 cm³/mol. The van der Waals surface area contributed by atoms with Gasteiger partial charge in [-0.2, -0.15) is 0 Å². The Morgan fingerprint density at radius 2 is 1.86 bits per heavy atom. The third kappa shape index (κ3) is 5.95. The lowest BCUT2D eigenvalue weighted by molar-refractivity contribution is -0.131. The van der Waals surface area contributed by atoms with Crippen LogP contribution in [0.1, 0.15) is 52.9 Å². The normalized spacial score (nSPS) is 43.4. The molecular weight excluding hydrogens is 410 g/mol. The smallest absolute Gasteiger partial charge is 0.225 e. The zero-order valence-corrected chi connectivity index (χ0v) is 19.4. The minimum atomic E-state index is -0.674. The largest absolute Gasteiger partial charge is 0.355 e. The van der Waals surface area contributed by atoms with E-state index in [1.165, 1.54) is 0 Å². The minimum absolute atomic E-state index is 0.0121. The first-order valence-corrected chi connectivity index (χ1v) is 13.0. The molecule has 3 fully saturated rings. The molecule has 29 heavy (non-hydrogen) atoms. The molecule has 1 saturated carbocycles. The van der Waals surface area contributed by atoms with Crippen LogP contribution in [0.2, 0.25) is 0 Å². The predicted octanol–water partition coefficient (Wildman–Crippen LogP) is 1.79. The molecule has 0 bridgehead atoms. The zero-order chi connectivity index (χ0) is 21.1. The van der Waals surface area contributed by atoms with Gasteiger partial charge in [-0.1, -0.05) is 13.8 Å². The summed E-state index contributed by atoms with van der Waals surface area (Å²) in [7, 11) is -0.674. The molecule has 6 nitrogen and oxygen atoms in total. The van der Waals surface area contributed by atoms with Crippen LogP contribution in [-0.2, 0) is 20.4 Å². The number of carbonyl (C=O) groups excluding carboxylic acids is 2. The van der Waals surface area contributed by atoms with Gasteiger partial charge in [0.1, 0.15) is 0 Å². The summed E-state index contributed by atoms with van der Waals surface area (Å²) in [5.41, 5.74) is 0. The van der Waals surface area contributed by atoms with Gasteiger partial charge in [0.15, 0.2) is 0 Å². The van der Waals surface area contributed by atoms with Crippen LogP contribution in [0.3, 0.4) is 0 Å². The highest BCUT2D eigenvalue weighted by Crippen LogP contribution is 2.34. The molecule has 0 aromatic heterocycles. The molecule has 166 valence electrons. The summed E-state index contributed by atoms with van der Waals surface area (Å²) in [6, 6.07) is 0.750. The Morgan fingerprint density at radius 3 is 2.52 bits per heavy atom. The van der Waals surface area contributed by atoms with Crippen LogP contribution in [0.25, 0.3) is 0 Å². The highest BCUT2D eigenvalue weighted by atomic mass is 35.5. The van der Waals surface area contributed by atoms with Crippen LogP contribution in [0.4, 0.5) is 0 Å². The second-order valence-electron chi connectivity index (χ2n) is 9.40. The lowest BCUT2D eigenvalue weighted by Crippen LogP contribution is -2.54. The quantitative estimate of drug-likeness (QED) is 0.563. The third-order valence-electron chi connectivity index (χ3n) is 7.10. The van der Waals surface area contributed by atoms with E-state index >= 15 is 0 Å². The van der Waals surface area contributed by atoms with E-state index in [1.54, 1.807) is 0 Å². The Labute approximate surface area is 182 Å². The summed E-state index contributed by atoms with van der Waals surface area (Å²) in [6.07, 6.45) is 4.31. The second kappa shape index (κ2) is 10.1. The number of hydrogen-bond acceptors (Lipinski definition) is 4. The van der Waals surface area contributed by atoms with E-state index in [4.69, 9.17) is 11.6 Å². The number of halogens is 1.